The lowest BCUT2D eigenvalue weighted by molar-refractivity contribution is 0.902. The summed E-state index contributed by atoms with van der Waals surface area (Å²) >= 11 is 6.61. The average Bonchev–Trinajstić information content (AvgIpc) is 2.49. The first-order valence-corrected chi connectivity index (χ1v) is 5.43. The molecule has 0 aromatic carbocycles. The van der Waals surface area contributed by atoms with Crippen molar-refractivity contribution in [1.29, 1.82) is 0 Å². The summed E-state index contributed by atoms with van der Waals surface area (Å²) in [5.74, 6) is 1.34. The van der Waals surface area contributed by atoms with Gasteiger partial charge < -0.3 is 4.57 Å². The van der Waals surface area contributed by atoms with Crippen LogP contribution in [-0.2, 0) is 7.05 Å². The zero-order chi connectivity index (χ0) is 10.1. The van der Waals surface area contributed by atoms with E-state index in [1.807, 2.05) is 17.8 Å². The third-order valence-electron chi connectivity index (χ3n) is 1.68. The number of aryl methyl sites for hydroxylation is 1. The van der Waals surface area contributed by atoms with Gasteiger partial charge in [-0.05, 0) is 31.9 Å². The van der Waals surface area contributed by atoms with Gasteiger partial charge >= 0.3 is 0 Å². The quantitative estimate of drug-likeness (QED) is 0.759. The molecule has 0 N–H and O–H groups in total. The zero-order valence-electron chi connectivity index (χ0n) is 7.28. The van der Waals surface area contributed by atoms with E-state index in [0.717, 1.165) is 15.0 Å². The van der Waals surface area contributed by atoms with Crippen LogP contribution in [-0.4, -0.2) is 19.5 Å². The molecular weight excluding hydrogens is 312 g/mol. The molecule has 0 fully saturated rings. The van der Waals surface area contributed by atoms with E-state index in [1.165, 1.54) is 0 Å². The van der Waals surface area contributed by atoms with Gasteiger partial charge in [0.25, 0.3) is 0 Å². The Hall–Kier alpha value is -0.750. The van der Waals surface area contributed by atoms with Crippen molar-refractivity contribution in [3.05, 3.63) is 27.7 Å². The van der Waals surface area contributed by atoms with Crippen LogP contribution in [0.1, 0.15) is 0 Å². The third kappa shape index (κ3) is 1.85. The lowest BCUT2D eigenvalue weighted by atomic mass is 10.5. The van der Waals surface area contributed by atoms with Crippen molar-refractivity contribution in [2.24, 2.45) is 7.05 Å². The van der Waals surface area contributed by atoms with Gasteiger partial charge in [0.05, 0.1) is 0 Å². The van der Waals surface area contributed by atoms with Crippen molar-refractivity contribution in [3.8, 4) is 11.6 Å². The van der Waals surface area contributed by atoms with Crippen molar-refractivity contribution in [2.75, 3.05) is 0 Å². The van der Waals surface area contributed by atoms with Crippen molar-refractivity contribution in [1.82, 2.24) is 19.5 Å². The van der Waals surface area contributed by atoms with Crippen LogP contribution < -0.4 is 0 Å². The molecule has 72 valence electrons. The van der Waals surface area contributed by atoms with E-state index < -0.39 is 0 Å². The van der Waals surface area contributed by atoms with Crippen molar-refractivity contribution >= 4 is 31.9 Å². The maximum absolute atomic E-state index is 4.23. The van der Waals surface area contributed by atoms with Crippen LogP contribution >= 0.6 is 31.9 Å². The number of rotatable bonds is 1. The summed E-state index contributed by atoms with van der Waals surface area (Å²) in [6, 6.07) is 1.78. The second kappa shape index (κ2) is 3.78. The Morgan fingerprint density at radius 3 is 2.36 bits per heavy atom. The molecule has 2 rings (SSSR count). The molecule has 2 aromatic heterocycles. The summed E-state index contributed by atoms with van der Waals surface area (Å²) in [7, 11) is 1.90. The van der Waals surface area contributed by atoms with Crippen molar-refractivity contribution in [3.63, 3.8) is 0 Å². The molecule has 6 heteroatoms. The van der Waals surface area contributed by atoms with Crippen LogP contribution in [0.3, 0.4) is 0 Å². The highest BCUT2D eigenvalue weighted by Crippen LogP contribution is 2.18. The molecule has 0 amide bonds. The van der Waals surface area contributed by atoms with E-state index in [4.69, 9.17) is 0 Å². The molecule has 0 saturated carbocycles. The number of imidazole rings is 1. The van der Waals surface area contributed by atoms with Gasteiger partial charge in [-0.3, -0.25) is 0 Å². The Bertz CT molecular complexity index is 446. The molecule has 0 aliphatic heterocycles. The highest BCUT2D eigenvalue weighted by atomic mass is 79.9. The summed E-state index contributed by atoms with van der Waals surface area (Å²) in [6.07, 6.45) is 3.57. The van der Waals surface area contributed by atoms with Crippen LogP contribution in [0.4, 0.5) is 0 Å². The minimum atomic E-state index is 0.596. The molecule has 0 atom stereocenters. The smallest absolute Gasteiger partial charge is 0.198 e. The van der Waals surface area contributed by atoms with Gasteiger partial charge in [-0.25, -0.2) is 15.0 Å². The first-order valence-electron chi connectivity index (χ1n) is 3.84. The van der Waals surface area contributed by atoms with Crippen molar-refractivity contribution in [2.45, 2.75) is 0 Å². The molecule has 0 bridgehead atoms. The van der Waals surface area contributed by atoms with Gasteiger partial charge in [0.1, 0.15) is 9.21 Å². The number of halogens is 2. The van der Waals surface area contributed by atoms with Gasteiger partial charge in [-0.2, -0.15) is 0 Å². The van der Waals surface area contributed by atoms with E-state index in [-0.39, 0.29) is 0 Å². The second-order valence-electron chi connectivity index (χ2n) is 2.70. The van der Waals surface area contributed by atoms with Crippen LogP contribution in [0.2, 0.25) is 0 Å². The summed E-state index contributed by atoms with van der Waals surface area (Å²) in [4.78, 5) is 12.6. The Morgan fingerprint density at radius 2 is 1.86 bits per heavy atom. The normalized spacial score (nSPS) is 10.5. The van der Waals surface area contributed by atoms with Gasteiger partial charge in [-0.1, -0.05) is 0 Å². The number of hydrogen-bond donors (Lipinski definition) is 0. The molecule has 0 aliphatic carbocycles. The molecule has 14 heavy (non-hydrogen) atoms. The largest absolute Gasteiger partial charge is 0.331 e. The predicted octanol–water partition coefficient (Wildman–Crippen LogP) is 2.40. The van der Waals surface area contributed by atoms with Crippen LogP contribution in [0.15, 0.2) is 27.7 Å². The summed E-state index contributed by atoms with van der Waals surface area (Å²) < 4.78 is 3.34. The molecular formula is C8H6Br2N4. The predicted molar refractivity (Wildman–Crippen MR) is 59.6 cm³/mol. The summed E-state index contributed by atoms with van der Waals surface area (Å²) in [6.45, 7) is 0. The minimum absolute atomic E-state index is 0.596. The van der Waals surface area contributed by atoms with E-state index in [9.17, 15) is 0 Å². The second-order valence-corrected chi connectivity index (χ2v) is 4.32. The Morgan fingerprint density at radius 1 is 1.21 bits per heavy atom. The molecule has 0 saturated heterocycles. The Balaban J connectivity index is 2.57. The van der Waals surface area contributed by atoms with Crippen molar-refractivity contribution < 1.29 is 0 Å². The molecule has 2 aromatic rings. The lowest BCUT2D eigenvalue weighted by Gasteiger charge is -2.01. The van der Waals surface area contributed by atoms with E-state index in [0.29, 0.717) is 5.82 Å². The standard InChI is InChI=1S/C8H6Br2N4/c1-14-3-2-11-8(14)7-12-5(9)4-6(10)13-7/h2-4H,1H3. The van der Waals surface area contributed by atoms with Gasteiger partial charge in [-0.15, -0.1) is 0 Å². The third-order valence-corrected chi connectivity index (χ3v) is 2.50. The molecule has 0 aliphatic rings. The summed E-state index contributed by atoms with van der Waals surface area (Å²) in [5.41, 5.74) is 0. The monoisotopic (exact) mass is 316 g/mol. The first-order chi connectivity index (χ1) is 6.66. The fourth-order valence-electron chi connectivity index (χ4n) is 1.07. The Kier molecular flexibility index (Phi) is 2.64. The molecule has 4 nitrogen and oxygen atoms in total. The first kappa shape index (κ1) is 9.79. The number of hydrogen-bond acceptors (Lipinski definition) is 3. The fraction of sp³-hybridized carbons (Fsp3) is 0.125. The number of nitrogens with zero attached hydrogens (tertiary/aromatic N) is 4. The lowest BCUT2D eigenvalue weighted by Crippen LogP contribution is -1.97. The highest BCUT2D eigenvalue weighted by Gasteiger charge is 2.08. The fourth-order valence-corrected chi connectivity index (χ4v) is 2.15. The number of aromatic nitrogens is 4. The summed E-state index contributed by atoms with van der Waals surface area (Å²) in [5, 5.41) is 0. The Labute approximate surface area is 97.7 Å². The molecule has 0 unspecified atom stereocenters. The zero-order valence-corrected chi connectivity index (χ0v) is 10.4. The maximum atomic E-state index is 4.23. The van der Waals surface area contributed by atoms with E-state index in [2.05, 4.69) is 46.8 Å². The molecule has 0 radical (unpaired) electrons. The molecule has 0 spiro atoms. The van der Waals surface area contributed by atoms with E-state index in [1.54, 1.807) is 12.3 Å². The average molecular weight is 318 g/mol. The van der Waals surface area contributed by atoms with Crippen LogP contribution in [0, 0.1) is 0 Å². The van der Waals surface area contributed by atoms with Gasteiger partial charge in [0.15, 0.2) is 11.6 Å². The topological polar surface area (TPSA) is 43.6 Å². The minimum Gasteiger partial charge on any atom is -0.331 e. The molecule has 2 heterocycles. The SMILES string of the molecule is Cn1ccnc1-c1nc(Br)cc(Br)n1. The maximum Gasteiger partial charge on any atom is 0.198 e. The van der Waals surface area contributed by atoms with Gasteiger partial charge in [0.2, 0.25) is 0 Å². The van der Waals surface area contributed by atoms with Gasteiger partial charge in [0, 0.05) is 25.5 Å². The van der Waals surface area contributed by atoms with Crippen LogP contribution in [0.25, 0.3) is 11.6 Å². The van der Waals surface area contributed by atoms with E-state index >= 15 is 0 Å². The highest BCUT2D eigenvalue weighted by molar-refractivity contribution is 9.11. The van der Waals surface area contributed by atoms with Crippen LogP contribution in [0.5, 0.6) is 0 Å².